The summed E-state index contributed by atoms with van der Waals surface area (Å²) in [5, 5.41) is 10.5. The highest BCUT2D eigenvalue weighted by molar-refractivity contribution is 8.15. The molecule has 2 aromatic carbocycles. The minimum Gasteiger partial charge on any atom is -0.303 e. The highest BCUT2D eigenvalue weighted by atomic mass is 32.2. The van der Waals surface area contributed by atoms with Crippen LogP contribution < -0.4 is 5.32 Å². The van der Waals surface area contributed by atoms with Crippen molar-refractivity contribution in [3.8, 4) is 0 Å². The molecule has 1 amide bonds. The topological polar surface area (TPSA) is 70.9 Å². The van der Waals surface area contributed by atoms with Gasteiger partial charge in [0.25, 0.3) is 0 Å². The summed E-state index contributed by atoms with van der Waals surface area (Å²) in [6.07, 6.45) is 5.37. The second kappa shape index (κ2) is 8.92. The third-order valence-corrected chi connectivity index (χ3v) is 4.70. The lowest BCUT2D eigenvalue weighted by atomic mass is 10.1. The monoisotopic (exact) mass is 363 g/mol. The Morgan fingerprint density at radius 3 is 2.50 bits per heavy atom. The van der Waals surface area contributed by atoms with Gasteiger partial charge in [-0.25, -0.2) is 0 Å². The lowest BCUT2D eigenvalue weighted by Gasteiger charge is -2.04. The molecule has 0 saturated carbocycles. The molecule has 0 bridgehead atoms. The molecule has 0 radical (unpaired) electrons. The summed E-state index contributed by atoms with van der Waals surface area (Å²) in [6.45, 7) is 0. The van der Waals surface area contributed by atoms with E-state index in [9.17, 15) is 9.59 Å². The van der Waals surface area contributed by atoms with Crippen molar-refractivity contribution >= 4 is 40.9 Å². The third-order valence-electron chi connectivity index (χ3n) is 3.63. The number of nitrogens with zero attached hydrogens (tertiary/aromatic N) is 2. The Bertz CT molecular complexity index is 861. The molecule has 6 heteroatoms. The summed E-state index contributed by atoms with van der Waals surface area (Å²) in [4.78, 5) is 24.2. The van der Waals surface area contributed by atoms with Gasteiger partial charge in [-0.2, -0.15) is 5.10 Å². The molecule has 5 nitrogen and oxygen atoms in total. The second-order valence-electron chi connectivity index (χ2n) is 5.53. The molecule has 1 saturated heterocycles. The summed E-state index contributed by atoms with van der Waals surface area (Å²) in [5.41, 5.74) is 1.67. The lowest BCUT2D eigenvalue weighted by Crippen LogP contribution is -2.26. The third kappa shape index (κ3) is 5.00. The Labute approximate surface area is 155 Å². The Kier molecular flexibility index (Phi) is 6.11. The molecule has 1 aliphatic rings. The Morgan fingerprint density at radius 1 is 1.08 bits per heavy atom. The Morgan fingerprint density at radius 2 is 1.77 bits per heavy atom. The van der Waals surface area contributed by atoms with Crippen molar-refractivity contribution < 1.29 is 9.59 Å². The minimum atomic E-state index is -0.475. The first-order valence-corrected chi connectivity index (χ1v) is 8.99. The van der Waals surface area contributed by atoms with Crippen molar-refractivity contribution in [1.29, 1.82) is 0 Å². The number of carbonyl (C=O) groups excluding carboxylic acids is 2. The van der Waals surface area contributed by atoms with E-state index < -0.39 is 5.25 Å². The molecule has 2 aromatic rings. The smallest absolute Gasteiger partial charge is 0.240 e. The number of thioether (sulfide) groups is 1. The number of hydrogen-bond acceptors (Lipinski definition) is 5. The summed E-state index contributed by atoms with van der Waals surface area (Å²) < 4.78 is 0. The molecular weight excluding hydrogens is 346 g/mol. The maximum absolute atomic E-state index is 12.2. The molecule has 0 unspecified atom stereocenters. The number of nitrogens with one attached hydrogen (secondary N) is 1. The number of ketones is 1. The van der Waals surface area contributed by atoms with Gasteiger partial charge in [0.2, 0.25) is 5.91 Å². The second-order valence-corrected chi connectivity index (χ2v) is 6.72. The van der Waals surface area contributed by atoms with Crippen LogP contribution in [0.1, 0.15) is 22.3 Å². The van der Waals surface area contributed by atoms with Gasteiger partial charge in [-0.3, -0.25) is 9.59 Å². The zero-order valence-corrected chi connectivity index (χ0v) is 14.7. The minimum absolute atomic E-state index is 0.0613. The van der Waals surface area contributed by atoms with Gasteiger partial charge in [-0.05, 0) is 11.6 Å². The van der Waals surface area contributed by atoms with Gasteiger partial charge in [-0.1, -0.05) is 78.5 Å². The normalized spacial score (nSPS) is 18.7. The number of hydrogen-bond donors (Lipinski definition) is 1. The average molecular weight is 363 g/mol. The first-order valence-electron chi connectivity index (χ1n) is 8.11. The Balaban J connectivity index is 1.54. The molecule has 26 heavy (non-hydrogen) atoms. The van der Waals surface area contributed by atoms with Crippen molar-refractivity contribution in [3.05, 3.63) is 77.9 Å². The molecule has 1 N–H and O–H groups in total. The highest BCUT2D eigenvalue weighted by Gasteiger charge is 2.32. The largest absolute Gasteiger partial charge is 0.303 e. The van der Waals surface area contributed by atoms with E-state index in [0.717, 1.165) is 5.56 Å². The number of rotatable bonds is 6. The molecule has 0 aliphatic carbocycles. The first kappa shape index (κ1) is 17.8. The van der Waals surface area contributed by atoms with E-state index in [2.05, 4.69) is 15.5 Å². The van der Waals surface area contributed by atoms with E-state index in [0.29, 0.717) is 10.7 Å². The van der Waals surface area contributed by atoms with Crippen LogP contribution in [0, 0.1) is 0 Å². The van der Waals surface area contributed by atoms with Crippen molar-refractivity contribution in [1.82, 2.24) is 5.32 Å². The average Bonchev–Trinajstić information content (AvgIpc) is 3.02. The summed E-state index contributed by atoms with van der Waals surface area (Å²) in [5.74, 6) is -0.276. The predicted octanol–water partition coefficient (Wildman–Crippen LogP) is 3.55. The van der Waals surface area contributed by atoms with Crippen molar-refractivity contribution in [3.63, 3.8) is 0 Å². The van der Waals surface area contributed by atoms with Crippen LogP contribution in [0.25, 0.3) is 6.08 Å². The van der Waals surface area contributed by atoms with E-state index in [1.165, 1.54) is 11.8 Å². The van der Waals surface area contributed by atoms with Gasteiger partial charge >= 0.3 is 0 Å². The molecule has 1 fully saturated rings. The zero-order valence-electron chi connectivity index (χ0n) is 13.9. The van der Waals surface area contributed by atoms with Crippen molar-refractivity contribution in [2.75, 3.05) is 0 Å². The molecule has 130 valence electrons. The predicted molar refractivity (Wildman–Crippen MR) is 106 cm³/mol. The van der Waals surface area contributed by atoms with E-state index in [4.69, 9.17) is 0 Å². The van der Waals surface area contributed by atoms with Gasteiger partial charge in [-0.15, -0.1) is 5.10 Å². The number of Topliss-reactive ketones (excluding diaryl/α,β-unsaturated/α-hetero) is 1. The Hall–Kier alpha value is -2.99. The quantitative estimate of drug-likeness (QED) is 0.485. The number of benzene rings is 2. The van der Waals surface area contributed by atoms with E-state index in [1.54, 1.807) is 36.6 Å². The van der Waals surface area contributed by atoms with Crippen LogP contribution in [-0.2, 0) is 4.79 Å². The van der Waals surface area contributed by atoms with Crippen LogP contribution in [0.2, 0.25) is 0 Å². The summed E-state index contributed by atoms with van der Waals surface area (Å²) in [6, 6.07) is 18.8. The van der Waals surface area contributed by atoms with E-state index in [-0.39, 0.29) is 18.1 Å². The van der Waals surface area contributed by atoms with Gasteiger partial charge in [0.15, 0.2) is 11.0 Å². The van der Waals surface area contributed by atoms with Crippen LogP contribution >= 0.6 is 11.8 Å². The van der Waals surface area contributed by atoms with Gasteiger partial charge in [0.1, 0.15) is 0 Å². The fraction of sp³-hybridized carbons (Fsp3) is 0.100. The van der Waals surface area contributed by atoms with Crippen LogP contribution in [0.4, 0.5) is 0 Å². The standard InChI is InChI=1S/C20H17N3O2S/c24-17(16-11-5-2-6-12-16)14-18-19(25)22-20(26-18)23-21-13-7-10-15-8-3-1-4-9-15/h1-13,18H,14H2,(H,22,23,25)/b10-7+,21-13-/t18-/m0/s1. The highest BCUT2D eigenvalue weighted by Crippen LogP contribution is 2.24. The fourth-order valence-corrected chi connectivity index (χ4v) is 3.26. The first-order chi connectivity index (χ1) is 12.7. The van der Waals surface area contributed by atoms with Crippen molar-refractivity contribution in [2.24, 2.45) is 10.2 Å². The van der Waals surface area contributed by atoms with Crippen LogP contribution in [0.3, 0.4) is 0 Å². The molecule has 1 heterocycles. The fourth-order valence-electron chi connectivity index (χ4n) is 2.34. The number of amidine groups is 1. The number of amides is 1. The van der Waals surface area contributed by atoms with Crippen molar-refractivity contribution in [2.45, 2.75) is 11.7 Å². The SMILES string of the molecule is O=C(C[C@@H]1S/C(=N/N=C\C=C\c2ccccc2)NC1=O)c1ccccc1. The van der Waals surface area contributed by atoms with Gasteiger partial charge in [0, 0.05) is 18.2 Å². The van der Waals surface area contributed by atoms with Crippen LogP contribution in [0.15, 0.2) is 76.9 Å². The van der Waals surface area contributed by atoms with Gasteiger partial charge < -0.3 is 5.32 Å². The molecule has 1 atom stereocenters. The van der Waals surface area contributed by atoms with Crippen LogP contribution in [0.5, 0.6) is 0 Å². The van der Waals surface area contributed by atoms with E-state index >= 15 is 0 Å². The van der Waals surface area contributed by atoms with Crippen LogP contribution in [-0.4, -0.2) is 28.3 Å². The molecular formula is C20H17N3O2S. The maximum atomic E-state index is 12.2. The molecule has 3 rings (SSSR count). The lowest BCUT2D eigenvalue weighted by molar-refractivity contribution is -0.118. The van der Waals surface area contributed by atoms with E-state index in [1.807, 2.05) is 42.5 Å². The number of allylic oxidation sites excluding steroid dienone is 1. The number of carbonyl (C=O) groups is 2. The maximum Gasteiger partial charge on any atom is 0.240 e. The zero-order chi connectivity index (χ0) is 18.2. The molecule has 0 spiro atoms. The molecule has 0 aromatic heterocycles. The molecule has 1 aliphatic heterocycles. The summed E-state index contributed by atoms with van der Waals surface area (Å²) in [7, 11) is 0. The summed E-state index contributed by atoms with van der Waals surface area (Å²) >= 11 is 1.23. The van der Waals surface area contributed by atoms with Gasteiger partial charge in [0.05, 0.1) is 5.25 Å².